The Hall–Kier alpha value is -2.08. The molecule has 0 amide bonds. The summed E-state index contributed by atoms with van der Waals surface area (Å²) in [7, 11) is 0. The molecule has 2 aromatic carbocycles. The maximum atomic E-state index is 2.25. The van der Waals surface area contributed by atoms with Crippen LogP contribution >= 0.6 is 0 Å². The summed E-state index contributed by atoms with van der Waals surface area (Å²) in [5, 5.41) is 0. The zero-order valence-electron chi connectivity index (χ0n) is 11.9. The molecule has 0 radical (unpaired) electrons. The van der Waals surface area contributed by atoms with Crippen LogP contribution in [0.5, 0.6) is 0 Å². The summed E-state index contributed by atoms with van der Waals surface area (Å²) >= 11 is 0. The summed E-state index contributed by atoms with van der Waals surface area (Å²) in [5.74, 6) is 0. The van der Waals surface area contributed by atoms with Crippen molar-refractivity contribution in [1.82, 2.24) is 0 Å². The van der Waals surface area contributed by atoms with Gasteiger partial charge in [0.15, 0.2) is 0 Å². The van der Waals surface area contributed by atoms with E-state index in [1.807, 2.05) is 6.07 Å². The lowest BCUT2D eigenvalue weighted by molar-refractivity contribution is 1.36. The predicted molar refractivity (Wildman–Crippen MR) is 84.8 cm³/mol. The van der Waals surface area contributed by atoms with Crippen molar-refractivity contribution >= 4 is 11.6 Å². The maximum absolute atomic E-state index is 2.25. The van der Waals surface area contributed by atoms with Gasteiger partial charge in [-0.1, -0.05) is 72.3 Å². The van der Waals surface area contributed by atoms with Crippen molar-refractivity contribution < 1.29 is 0 Å². The number of hydrogen-bond donors (Lipinski definition) is 0. The monoisotopic (exact) mass is 248 g/mol. The summed E-state index contributed by atoms with van der Waals surface area (Å²) in [6, 6.07) is 21.0. The second-order valence-corrected chi connectivity index (χ2v) is 4.98. The van der Waals surface area contributed by atoms with Gasteiger partial charge in [0.05, 0.1) is 0 Å². The fraction of sp³-hybridized carbons (Fsp3) is 0.158. The van der Waals surface area contributed by atoms with Crippen molar-refractivity contribution in [2.75, 3.05) is 0 Å². The first kappa shape index (κ1) is 13.4. The zero-order valence-corrected chi connectivity index (χ0v) is 11.9. The lowest BCUT2D eigenvalue weighted by Crippen LogP contribution is -1.89. The van der Waals surface area contributed by atoms with Crippen LogP contribution in [0, 0.1) is 0 Å². The Morgan fingerprint density at radius 1 is 0.737 bits per heavy atom. The molecule has 0 nitrogen and oxygen atoms in total. The van der Waals surface area contributed by atoms with Crippen molar-refractivity contribution in [3.8, 4) is 0 Å². The average Bonchev–Trinajstić information content (AvgIpc) is 2.40. The van der Waals surface area contributed by atoms with Crippen LogP contribution in [0.2, 0.25) is 0 Å². The Labute approximate surface area is 116 Å². The second-order valence-electron chi connectivity index (χ2n) is 4.98. The molecule has 0 aliphatic carbocycles. The number of allylic oxidation sites excluding steroid dienone is 3. The second kappa shape index (κ2) is 6.19. The van der Waals surface area contributed by atoms with Gasteiger partial charge in [0.25, 0.3) is 0 Å². The van der Waals surface area contributed by atoms with E-state index in [9.17, 15) is 0 Å². The third-order valence-electron chi connectivity index (χ3n) is 3.14. The predicted octanol–water partition coefficient (Wildman–Crippen LogP) is 5.58. The van der Waals surface area contributed by atoms with E-state index >= 15 is 0 Å². The fourth-order valence-corrected chi connectivity index (χ4v) is 2.39. The van der Waals surface area contributed by atoms with E-state index in [2.05, 4.69) is 81.4 Å². The lowest BCUT2D eigenvalue weighted by atomic mass is 9.93. The van der Waals surface area contributed by atoms with Gasteiger partial charge < -0.3 is 0 Å². The normalized spacial score (nSPS) is 11.2. The van der Waals surface area contributed by atoms with E-state index in [1.165, 1.54) is 27.8 Å². The van der Waals surface area contributed by atoms with E-state index in [4.69, 9.17) is 0 Å². The Morgan fingerprint density at radius 2 is 1.26 bits per heavy atom. The van der Waals surface area contributed by atoms with Crippen LogP contribution in [-0.2, 0) is 0 Å². The molecule has 0 spiro atoms. The first-order valence-corrected chi connectivity index (χ1v) is 6.65. The standard InChI is InChI=1S/C19H20/c1-15(2)19(18-12-8-5-9-13-18)16(3)14-17-10-6-4-7-11-17/h4-14H,1-3H3/b16-14+. The van der Waals surface area contributed by atoms with E-state index in [-0.39, 0.29) is 0 Å². The van der Waals surface area contributed by atoms with Crippen molar-refractivity contribution in [2.45, 2.75) is 20.8 Å². The molecule has 0 unspecified atom stereocenters. The number of benzene rings is 2. The maximum Gasteiger partial charge on any atom is -0.0168 e. The van der Waals surface area contributed by atoms with E-state index in [0.29, 0.717) is 0 Å². The molecule has 0 bridgehead atoms. The van der Waals surface area contributed by atoms with Crippen LogP contribution in [0.15, 0.2) is 71.8 Å². The van der Waals surface area contributed by atoms with E-state index in [1.54, 1.807) is 0 Å². The zero-order chi connectivity index (χ0) is 13.7. The van der Waals surface area contributed by atoms with Crippen LogP contribution in [-0.4, -0.2) is 0 Å². The Kier molecular flexibility index (Phi) is 4.35. The molecule has 0 heteroatoms. The van der Waals surface area contributed by atoms with Gasteiger partial charge in [-0.05, 0) is 43.0 Å². The highest BCUT2D eigenvalue weighted by Crippen LogP contribution is 2.27. The Balaban J connectivity index is 2.43. The van der Waals surface area contributed by atoms with Gasteiger partial charge in [0.2, 0.25) is 0 Å². The first-order valence-electron chi connectivity index (χ1n) is 6.65. The molecule has 0 aromatic heterocycles. The van der Waals surface area contributed by atoms with E-state index < -0.39 is 0 Å². The molecule has 96 valence electrons. The molecule has 0 atom stereocenters. The molecule has 0 heterocycles. The van der Waals surface area contributed by atoms with Gasteiger partial charge in [-0.2, -0.15) is 0 Å². The molecule has 2 aromatic rings. The van der Waals surface area contributed by atoms with Crippen molar-refractivity contribution in [3.05, 3.63) is 82.9 Å². The first-order chi connectivity index (χ1) is 9.18. The highest BCUT2D eigenvalue weighted by atomic mass is 14.1. The highest BCUT2D eigenvalue weighted by Gasteiger charge is 2.05. The van der Waals surface area contributed by atoms with Gasteiger partial charge in [-0.3, -0.25) is 0 Å². The summed E-state index contributed by atoms with van der Waals surface area (Å²) in [6.45, 7) is 6.53. The van der Waals surface area contributed by atoms with Crippen LogP contribution in [0.1, 0.15) is 31.9 Å². The summed E-state index contributed by atoms with van der Waals surface area (Å²) < 4.78 is 0. The van der Waals surface area contributed by atoms with Gasteiger partial charge in [-0.15, -0.1) is 0 Å². The summed E-state index contributed by atoms with van der Waals surface area (Å²) in [4.78, 5) is 0. The molecule has 0 fully saturated rings. The lowest BCUT2D eigenvalue weighted by Gasteiger charge is -2.11. The van der Waals surface area contributed by atoms with Crippen molar-refractivity contribution in [2.24, 2.45) is 0 Å². The number of hydrogen-bond acceptors (Lipinski definition) is 0. The van der Waals surface area contributed by atoms with Crippen molar-refractivity contribution in [3.63, 3.8) is 0 Å². The third kappa shape index (κ3) is 3.45. The molecule has 0 aliphatic rings. The highest BCUT2D eigenvalue weighted by molar-refractivity contribution is 5.85. The van der Waals surface area contributed by atoms with Gasteiger partial charge in [-0.25, -0.2) is 0 Å². The van der Waals surface area contributed by atoms with Crippen molar-refractivity contribution in [1.29, 1.82) is 0 Å². The molecule has 2 rings (SSSR count). The van der Waals surface area contributed by atoms with Gasteiger partial charge in [0, 0.05) is 0 Å². The molecule has 0 saturated heterocycles. The minimum absolute atomic E-state index is 1.25. The molecule has 0 saturated carbocycles. The van der Waals surface area contributed by atoms with Crippen LogP contribution in [0.3, 0.4) is 0 Å². The van der Waals surface area contributed by atoms with E-state index in [0.717, 1.165) is 0 Å². The third-order valence-corrected chi connectivity index (χ3v) is 3.14. The van der Waals surface area contributed by atoms with Crippen LogP contribution < -0.4 is 0 Å². The molecular formula is C19H20. The Bertz CT molecular complexity index is 582. The molecule has 19 heavy (non-hydrogen) atoms. The van der Waals surface area contributed by atoms with Gasteiger partial charge in [0.1, 0.15) is 0 Å². The largest absolute Gasteiger partial charge is 0.0683 e. The molecule has 0 N–H and O–H groups in total. The van der Waals surface area contributed by atoms with Crippen LogP contribution in [0.4, 0.5) is 0 Å². The SMILES string of the molecule is CC(C)=C(/C(C)=C/c1ccccc1)c1ccccc1. The smallest absolute Gasteiger partial charge is 0.0168 e. The number of rotatable bonds is 3. The van der Waals surface area contributed by atoms with Gasteiger partial charge >= 0.3 is 0 Å². The minimum atomic E-state index is 1.25. The minimum Gasteiger partial charge on any atom is -0.0683 e. The fourth-order valence-electron chi connectivity index (χ4n) is 2.39. The summed E-state index contributed by atoms with van der Waals surface area (Å²) in [5.41, 5.74) is 6.51. The molecule has 0 aliphatic heterocycles. The topological polar surface area (TPSA) is 0 Å². The summed E-state index contributed by atoms with van der Waals surface area (Å²) in [6.07, 6.45) is 2.25. The molecular weight excluding hydrogens is 228 g/mol. The quantitative estimate of drug-likeness (QED) is 0.622. The average molecular weight is 248 g/mol. The Morgan fingerprint density at radius 3 is 1.79 bits per heavy atom. The van der Waals surface area contributed by atoms with Crippen LogP contribution in [0.25, 0.3) is 11.6 Å².